The Morgan fingerprint density at radius 1 is 1.43 bits per heavy atom. The zero-order valence-electron chi connectivity index (χ0n) is 8.36. The molecule has 0 bridgehead atoms. The van der Waals surface area contributed by atoms with Crippen LogP contribution in [0.15, 0.2) is 0 Å². The lowest BCUT2D eigenvalue weighted by atomic mass is 10.0. The minimum absolute atomic E-state index is 0.0556. The Morgan fingerprint density at radius 2 is 2.07 bits per heavy atom. The van der Waals surface area contributed by atoms with E-state index in [0.29, 0.717) is 19.4 Å². The van der Waals surface area contributed by atoms with Gasteiger partial charge in [0.1, 0.15) is 0 Å². The maximum Gasteiger partial charge on any atom is 0.303 e. The number of aliphatic carboxylic acids is 1. The van der Waals surface area contributed by atoms with Crippen LogP contribution in [0.25, 0.3) is 0 Å². The van der Waals surface area contributed by atoms with Crippen molar-refractivity contribution in [3.8, 4) is 0 Å². The molecule has 82 valence electrons. The molecule has 0 saturated heterocycles. The molecule has 0 radical (unpaired) electrons. The van der Waals surface area contributed by atoms with Gasteiger partial charge in [0.05, 0.1) is 6.61 Å². The lowest BCUT2D eigenvalue weighted by Crippen LogP contribution is -2.17. The van der Waals surface area contributed by atoms with Crippen LogP contribution >= 0.6 is 0 Å². The van der Waals surface area contributed by atoms with Crippen LogP contribution in [-0.4, -0.2) is 30.2 Å². The zero-order chi connectivity index (χ0) is 11.0. The van der Waals surface area contributed by atoms with Gasteiger partial charge in [0.2, 0.25) is 0 Å². The molecule has 1 atom stereocenters. The van der Waals surface area contributed by atoms with Gasteiger partial charge in [-0.2, -0.15) is 0 Å². The second kappa shape index (κ2) is 7.32. The second-order valence-electron chi connectivity index (χ2n) is 3.18. The van der Waals surface area contributed by atoms with Crippen molar-refractivity contribution in [1.82, 2.24) is 0 Å². The predicted octanol–water partition coefficient (Wildman–Crippen LogP) is 0.379. The maximum atomic E-state index is 10.5. The Kier molecular flexibility index (Phi) is 6.74. The van der Waals surface area contributed by atoms with Crippen molar-refractivity contribution < 1.29 is 19.4 Å². The summed E-state index contributed by atoms with van der Waals surface area (Å²) >= 11 is 0. The van der Waals surface area contributed by atoms with Crippen molar-refractivity contribution in [2.45, 2.75) is 26.2 Å². The third-order valence-corrected chi connectivity index (χ3v) is 1.86. The van der Waals surface area contributed by atoms with Crippen molar-refractivity contribution in [2.24, 2.45) is 11.7 Å². The molecule has 0 aromatic rings. The summed E-state index contributed by atoms with van der Waals surface area (Å²) in [6, 6.07) is 0. The normalized spacial score (nSPS) is 12.1. The van der Waals surface area contributed by atoms with Crippen LogP contribution in [0.2, 0.25) is 0 Å². The fraction of sp³-hybridized carbons (Fsp3) is 0.778. The van der Waals surface area contributed by atoms with Crippen molar-refractivity contribution in [3.63, 3.8) is 0 Å². The van der Waals surface area contributed by atoms with Crippen LogP contribution < -0.4 is 5.73 Å². The highest BCUT2D eigenvalue weighted by molar-refractivity contribution is 5.66. The first kappa shape index (κ1) is 12.9. The summed E-state index contributed by atoms with van der Waals surface area (Å²) in [7, 11) is 0. The summed E-state index contributed by atoms with van der Waals surface area (Å²) in [6.07, 6.45) is 1.27. The zero-order valence-corrected chi connectivity index (χ0v) is 8.36. The molecule has 5 nitrogen and oxygen atoms in total. The quantitative estimate of drug-likeness (QED) is 0.584. The van der Waals surface area contributed by atoms with Gasteiger partial charge in [-0.3, -0.25) is 9.59 Å². The molecule has 1 unspecified atom stereocenters. The molecule has 14 heavy (non-hydrogen) atoms. The molecule has 0 heterocycles. The number of hydrogen-bond acceptors (Lipinski definition) is 4. The fourth-order valence-electron chi connectivity index (χ4n) is 1.11. The van der Waals surface area contributed by atoms with Gasteiger partial charge in [0, 0.05) is 13.3 Å². The van der Waals surface area contributed by atoms with E-state index in [1.165, 1.54) is 6.92 Å². The van der Waals surface area contributed by atoms with Crippen LogP contribution in [0, 0.1) is 5.92 Å². The summed E-state index contributed by atoms with van der Waals surface area (Å²) in [6.45, 7) is 2.07. The third kappa shape index (κ3) is 7.54. The van der Waals surface area contributed by atoms with E-state index >= 15 is 0 Å². The van der Waals surface area contributed by atoms with E-state index in [0.717, 1.165) is 0 Å². The van der Waals surface area contributed by atoms with Crippen molar-refractivity contribution in [3.05, 3.63) is 0 Å². The molecular formula is C9H17NO4. The summed E-state index contributed by atoms with van der Waals surface area (Å²) in [5.74, 6) is -1.13. The van der Waals surface area contributed by atoms with E-state index in [1.54, 1.807) is 0 Å². The molecule has 0 rings (SSSR count). The largest absolute Gasteiger partial charge is 0.481 e. The predicted molar refractivity (Wildman–Crippen MR) is 50.7 cm³/mol. The summed E-state index contributed by atoms with van der Waals surface area (Å²) < 4.78 is 4.80. The number of esters is 1. The van der Waals surface area contributed by atoms with Gasteiger partial charge < -0.3 is 15.6 Å². The first-order chi connectivity index (χ1) is 6.56. The van der Waals surface area contributed by atoms with E-state index in [2.05, 4.69) is 0 Å². The molecule has 0 fully saturated rings. The van der Waals surface area contributed by atoms with Crippen LogP contribution in [0.1, 0.15) is 26.2 Å². The first-order valence-electron chi connectivity index (χ1n) is 4.61. The third-order valence-electron chi connectivity index (χ3n) is 1.86. The highest BCUT2D eigenvalue weighted by Gasteiger charge is 2.11. The van der Waals surface area contributed by atoms with Gasteiger partial charge in [-0.1, -0.05) is 0 Å². The van der Waals surface area contributed by atoms with Crippen LogP contribution in [0.5, 0.6) is 0 Å². The SMILES string of the molecule is CC(=O)OCC(CCN)CCC(=O)O. The number of carboxylic acid groups (broad SMARTS) is 1. The highest BCUT2D eigenvalue weighted by atomic mass is 16.5. The Bertz CT molecular complexity index is 175. The summed E-state index contributed by atoms with van der Waals surface area (Å²) in [4.78, 5) is 20.8. The van der Waals surface area contributed by atoms with Crippen molar-refractivity contribution in [2.75, 3.05) is 13.2 Å². The smallest absolute Gasteiger partial charge is 0.303 e. The van der Waals surface area contributed by atoms with Gasteiger partial charge >= 0.3 is 11.9 Å². The molecule has 0 amide bonds. The first-order valence-corrected chi connectivity index (χ1v) is 4.61. The summed E-state index contributed by atoms with van der Waals surface area (Å²) in [5.41, 5.74) is 5.35. The van der Waals surface area contributed by atoms with Gasteiger partial charge in [0.25, 0.3) is 0 Å². The second-order valence-corrected chi connectivity index (χ2v) is 3.18. The Labute approximate surface area is 83.2 Å². The van der Waals surface area contributed by atoms with Gasteiger partial charge in [-0.25, -0.2) is 0 Å². The lowest BCUT2D eigenvalue weighted by Gasteiger charge is -2.14. The molecule has 0 spiro atoms. The highest BCUT2D eigenvalue weighted by Crippen LogP contribution is 2.11. The average molecular weight is 203 g/mol. The number of hydrogen-bond donors (Lipinski definition) is 2. The Morgan fingerprint density at radius 3 is 2.50 bits per heavy atom. The number of carboxylic acids is 1. The average Bonchev–Trinajstić information content (AvgIpc) is 2.09. The molecule has 0 aromatic heterocycles. The molecule has 0 aliphatic heterocycles. The topological polar surface area (TPSA) is 89.6 Å². The van der Waals surface area contributed by atoms with Gasteiger partial charge in [-0.05, 0) is 25.3 Å². The monoisotopic (exact) mass is 203 g/mol. The number of carbonyl (C=O) groups is 2. The molecular weight excluding hydrogens is 186 g/mol. The van der Waals surface area contributed by atoms with E-state index in [4.69, 9.17) is 15.6 Å². The molecule has 0 saturated carbocycles. The van der Waals surface area contributed by atoms with Crippen LogP contribution in [0.3, 0.4) is 0 Å². The number of nitrogens with two attached hydrogens (primary N) is 1. The van der Waals surface area contributed by atoms with Gasteiger partial charge in [-0.15, -0.1) is 0 Å². The minimum atomic E-state index is -0.838. The van der Waals surface area contributed by atoms with E-state index in [9.17, 15) is 9.59 Å². The number of rotatable bonds is 7. The number of ether oxygens (including phenoxy) is 1. The molecule has 0 aromatic carbocycles. The standard InChI is InChI=1S/C9H17NO4/c1-7(11)14-6-8(4-5-10)2-3-9(12)13/h8H,2-6,10H2,1H3,(H,12,13). The Balaban J connectivity index is 3.76. The lowest BCUT2D eigenvalue weighted by molar-refractivity contribution is -0.142. The maximum absolute atomic E-state index is 10.5. The minimum Gasteiger partial charge on any atom is -0.481 e. The van der Waals surface area contributed by atoms with Crippen molar-refractivity contribution >= 4 is 11.9 Å². The Hall–Kier alpha value is -1.10. The molecule has 5 heteroatoms. The van der Waals surface area contributed by atoms with Crippen LogP contribution in [-0.2, 0) is 14.3 Å². The van der Waals surface area contributed by atoms with Gasteiger partial charge in [0.15, 0.2) is 0 Å². The summed E-state index contributed by atoms with van der Waals surface area (Å²) in [5, 5.41) is 8.47. The van der Waals surface area contributed by atoms with E-state index in [-0.39, 0.29) is 24.9 Å². The van der Waals surface area contributed by atoms with Crippen LogP contribution in [0.4, 0.5) is 0 Å². The fourth-order valence-corrected chi connectivity index (χ4v) is 1.11. The molecule has 3 N–H and O–H groups in total. The van der Waals surface area contributed by atoms with E-state index < -0.39 is 5.97 Å². The molecule has 0 aliphatic carbocycles. The van der Waals surface area contributed by atoms with Crippen molar-refractivity contribution in [1.29, 1.82) is 0 Å². The van der Waals surface area contributed by atoms with E-state index in [1.807, 2.05) is 0 Å². The molecule has 0 aliphatic rings. The number of carbonyl (C=O) groups excluding carboxylic acids is 1.